The number of allylic oxidation sites excluding steroid dienone is 4. The van der Waals surface area contributed by atoms with E-state index in [-0.39, 0.29) is 65.0 Å². The molecule has 8 rings (SSSR count). The maximum atomic E-state index is 14.2. The number of nitrogens with zero attached hydrogens (tertiary/aromatic N) is 2. The number of carbonyl (C=O) groups excluding carboxylic acids is 2. The number of methoxy groups -OCH3 is 4. The molecule has 0 bridgehead atoms. The quantitative estimate of drug-likeness (QED) is 0.0573. The minimum absolute atomic E-state index is 0.0432. The predicted octanol–water partition coefficient (Wildman–Crippen LogP) is 9.72. The van der Waals surface area contributed by atoms with Crippen molar-refractivity contribution in [1.82, 2.24) is 20.6 Å². The van der Waals surface area contributed by atoms with Crippen molar-refractivity contribution in [3.8, 4) is 34.5 Å². The van der Waals surface area contributed by atoms with Crippen LogP contribution >= 0.6 is 7.82 Å². The lowest BCUT2D eigenvalue weighted by Gasteiger charge is -2.16. The molecule has 2 heterocycles. The Morgan fingerprint density at radius 2 is 1.01 bits per heavy atom. The second-order valence-corrected chi connectivity index (χ2v) is 17.6. The number of hydrogen-bond donors (Lipinski definition) is 5. The Bertz CT molecular complexity index is 3160. The third-order valence-electron chi connectivity index (χ3n) is 11.8. The molecule has 2 amide bonds. The molecule has 0 saturated carbocycles. The first-order chi connectivity index (χ1) is 34.5. The Hall–Kier alpha value is -8.11. The van der Waals surface area contributed by atoms with E-state index >= 15 is 0 Å². The van der Waals surface area contributed by atoms with Crippen LogP contribution in [-0.4, -0.2) is 65.1 Å². The van der Waals surface area contributed by atoms with E-state index in [9.17, 15) is 37.8 Å². The Kier molecular flexibility index (Phi) is 16.3. The minimum Gasteiger partial charge on any atom is -0.502 e. The van der Waals surface area contributed by atoms with Gasteiger partial charge in [0.05, 0.1) is 41.3 Å². The van der Waals surface area contributed by atoms with Crippen LogP contribution in [0.5, 0.6) is 34.5 Å². The van der Waals surface area contributed by atoms with E-state index in [4.69, 9.17) is 23.5 Å². The monoisotopic (exact) mass is 1000 g/mol. The number of halogens is 2. The van der Waals surface area contributed by atoms with Crippen LogP contribution < -0.4 is 34.1 Å². The number of phosphoric ester groups is 1. The van der Waals surface area contributed by atoms with Crippen LogP contribution in [0.15, 0.2) is 121 Å². The highest BCUT2D eigenvalue weighted by atomic mass is 31.2. The number of pyridine rings is 2. The summed E-state index contributed by atoms with van der Waals surface area (Å²) in [5.74, 6) is -0.842. The van der Waals surface area contributed by atoms with Gasteiger partial charge in [-0.25, -0.2) is 13.3 Å². The number of aromatic nitrogens is 2. The van der Waals surface area contributed by atoms with Gasteiger partial charge in [0.1, 0.15) is 11.6 Å². The fourth-order valence-electron chi connectivity index (χ4n) is 8.34. The van der Waals surface area contributed by atoms with Crippen molar-refractivity contribution >= 4 is 54.1 Å². The van der Waals surface area contributed by atoms with Gasteiger partial charge >= 0.3 is 7.82 Å². The lowest BCUT2D eigenvalue weighted by Crippen LogP contribution is -2.22. The minimum atomic E-state index is -4.88. The second-order valence-electron chi connectivity index (χ2n) is 16.4. The number of phosphoric acid groups is 1. The first-order valence-corrected chi connectivity index (χ1v) is 23.7. The normalized spacial score (nSPS) is 13.8. The van der Waals surface area contributed by atoms with Crippen LogP contribution in [0.3, 0.4) is 0 Å². The molecule has 0 saturated heterocycles. The van der Waals surface area contributed by atoms with E-state index in [0.29, 0.717) is 35.4 Å². The SMILES string of the molecule is COc1cc(/C=C2/C(C)=C(CC(=O)NCc3cccnc3)c3cc(F)ccc32)cc(OC)c1O.COc1cc(/C=C2/C(C)=C(CC(=O)NCc3cccnc3)c3cc(F)ccc32)cc(OC)c1OP(=O)(O)O. The highest BCUT2D eigenvalue weighted by Gasteiger charge is 2.29. The number of carbonyl (C=O) groups is 2. The summed E-state index contributed by atoms with van der Waals surface area (Å²) in [6.07, 6.45) is 10.6. The van der Waals surface area contributed by atoms with Crippen molar-refractivity contribution in [3.63, 3.8) is 0 Å². The molecule has 4 aromatic carbocycles. The van der Waals surface area contributed by atoms with Crippen molar-refractivity contribution in [2.45, 2.75) is 39.8 Å². The Morgan fingerprint density at radius 3 is 1.38 bits per heavy atom. The van der Waals surface area contributed by atoms with Crippen LogP contribution in [0.1, 0.15) is 71.2 Å². The molecule has 2 aliphatic carbocycles. The molecule has 72 heavy (non-hydrogen) atoms. The molecule has 372 valence electrons. The van der Waals surface area contributed by atoms with Gasteiger partial charge in [-0.3, -0.25) is 29.3 Å². The fourth-order valence-corrected chi connectivity index (χ4v) is 8.76. The molecule has 0 radical (unpaired) electrons. The average molecular weight is 1000 g/mol. The van der Waals surface area contributed by atoms with Gasteiger partial charge in [-0.2, -0.15) is 0 Å². The topological polar surface area (TPSA) is 208 Å². The van der Waals surface area contributed by atoms with E-state index in [0.717, 1.165) is 55.7 Å². The zero-order valence-electron chi connectivity index (χ0n) is 40.1. The summed E-state index contributed by atoms with van der Waals surface area (Å²) >= 11 is 0. The van der Waals surface area contributed by atoms with Crippen LogP contribution in [0.2, 0.25) is 0 Å². The van der Waals surface area contributed by atoms with Crippen molar-refractivity contribution in [2.24, 2.45) is 0 Å². The van der Waals surface area contributed by atoms with E-state index in [1.54, 1.807) is 61.2 Å². The molecule has 0 aliphatic heterocycles. The van der Waals surface area contributed by atoms with Gasteiger partial charge in [-0.05, 0) is 165 Å². The molecule has 0 spiro atoms. The summed E-state index contributed by atoms with van der Waals surface area (Å²) in [7, 11) is 0.717. The molecular weight excluding hydrogens is 950 g/mol. The number of phenolic OH excluding ortho intramolecular Hbond substituents is 1. The van der Waals surface area contributed by atoms with Crippen LogP contribution in [0, 0.1) is 11.6 Å². The fraction of sp³-hybridized carbons (Fsp3) is 0.185. The van der Waals surface area contributed by atoms with Gasteiger partial charge < -0.3 is 39.2 Å². The zero-order valence-corrected chi connectivity index (χ0v) is 41.0. The Labute approximate surface area is 414 Å². The third-order valence-corrected chi connectivity index (χ3v) is 12.2. The number of amides is 2. The number of hydrogen-bond acceptors (Lipinski definition) is 11. The number of benzene rings is 4. The first-order valence-electron chi connectivity index (χ1n) is 22.2. The van der Waals surface area contributed by atoms with Gasteiger partial charge in [0.15, 0.2) is 23.0 Å². The van der Waals surface area contributed by atoms with Gasteiger partial charge in [0.2, 0.25) is 23.3 Å². The maximum absolute atomic E-state index is 14.2. The van der Waals surface area contributed by atoms with Crippen molar-refractivity contribution in [1.29, 1.82) is 0 Å². The van der Waals surface area contributed by atoms with Crippen LogP contribution in [0.4, 0.5) is 8.78 Å². The van der Waals surface area contributed by atoms with Gasteiger partial charge in [-0.1, -0.05) is 24.3 Å². The molecule has 15 nitrogen and oxygen atoms in total. The largest absolute Gasteiger partial charge is 0.525 e. The number of phenols is 1. The highest BCUT2D eigenvalue weighted by molar-refractivity contribution is 7.46. The van der Waals surface area contributed by atoms with Crippen molar-refractivity contribution in [3.05, 3.63) is 177 Å². The molecule has 2 aliphatic rings. The number of ether oxygens (including phenoxy) is 4. The molecule has 0 atom stereocenters. The average Bonchev–Trinajstić information content (AvgIpc) is 3.76. The summed E-state index contributed by atoms with van der Waals surface area (Å²) in [6.45, 7) is 4.46. The van der Waals surface area contributed by atoms with Gasteiger partial charge in [0.25, 0.3) is 0 Å². The summed E-state index contributed by atoms with van der Waals surface area (Å²) in [5.41, 5.74) is 10.7. The highest BCUT2D eigenvalue weighted by Crippen LogP contribution is 2.50. The Morgan fingerprint density at radius 1 is 0.611 bits per heavy atom. The lowest BCUT2D eigenvalue weighted by atomic mass is 10.00. The maximum Gasteiger partial charge on any atom is 0.525 e. The molecule has 18 heteroatoms. The number of rotatable bonds is 16. The first kappa shape index (κ1) is 51.7. The number of nitrogens with one attached hydrogen (secondary N) is 2. The van der Waals surface area contributed by atoms with Crippen LogP contribution in [-0.2, 0) is 27.2 Å². The number of aromatic hydroxyl groups is 1. The van der Waals surface area contributed by atoms with Crippen molar-refractivity contribution in [2.75, 3.05) is 28.4 Å². The van der Waals surface area contributed by atoms with E-state index in [1.807, 2.05) is 38.1 Å². The molecular formula is C54H51F2N4O11P. The standard InChI is InChI=1S/C27H26FN2O7P.C27H25FN2O4/c1-16-21(9-18-10-24(35-2)27(25(11-18)36-3)37-38(32,33)34)20-7-6-19(28)12-23(20)22(16)13-26(31)30-15-17-5-4-8-29-14-17;1-16-21(9-18-10-24(33-2)27(32)25(11-18)34-3)20-7-6-19(28)12-23(20)22(16)13-26(31)30-15-17-5-4-8-29-14-17/h4-12,14H,13,15H2,1-3H3,(H,30,31)(H2,32,33,34);4-12,14,32H,13,15H2,1-3H3,(H,30,31)/b2*21-9-. The predicted molar refractivity (Wildman–Crippen MR) is 269 cm³/mol. The summed E-state index contributed by atoms with van der Waals surface area (Å²) < 4.78 is 65.7. The van der Waals surface area contributed by atoms with E-state index < -0.39 is 13.6 Å². The third kappa shape index (κ3) is 12.2. The van der Waals surface area contributed by atoms with Gasteiger partial charge in [-0.15, -0.1) is 0 Å². The van der Waals surface area contributed by atoms with Crippen molar-refractivity contribution < 1.29 is 61.3 Å². The lowest BCUT2D eigenvalue weighted by molar-refractivity contribution is -0.121. The number of fused-ring (bicyclic) bond motifs is 2. The smallest absolute Gasteiger partial charge is 0.502 e. The summed E-state index contributed by atoms with van der Waals surface area (Å²) in [4.78, 5) is 52.2. The van der Waals surface area contributed by atoms with Gasteiger partial charge in [0, 0.05) is 37.9 Å². The Balaban J connectivity index is 0.000000213. The summed E-state index contributed by atoms with van der Waals surface area (Å²) in [6, 6.07) is 22.8. The summed E-state index contributed by atoms with van der Waals surface area (Å²) in [5, 5.41) is 16.0. The van der Waals surface area contributed by atoms with E-state index in [1.165, 1.54) is 64.8 Å². The van der Waals surface area contributed by atoms with E-state index in [2.05, 4.69) is 20.6 Å². The van der Waals surface area contributed by atoms with Crippen LogP contribution in [0.25, 0.3) is 34.4 Å². The molecule has 0 unspecified atom stereocenters. The second kappa shape index (κ2) is 22.8. The molecule has 2 aromatic heterocycles. The molecule has 6 aromatic rings. The zero-order chi connectivity index (χ0) is 51.7. The molecule has 0 fully saturated rings. The molecule has 5 N–H and O–H groups in total.